The molecule has 2 aliphatic rings. The van der Waals surface area contributed by atoms with Crippen LogP contribution in [0, 0.1) is 0 Å². The van der Waals surface area contributed by atoms with Gasteiger partial charge in [-0.2, -0.15) is 0 Å². The first-order valence-corrected chi connectivity index (χ1v) is 10.4. The summed E-state index contributed by atoms with van der Waals surface area (Å²) in [4.78, 5) is 19.9. The van der Waals surface area contributed by atoms with E-state index in [-0.39, 0.29) is 11.9 Å². The summed E-state index contributed by atoms with van der Waals surface area (Å²) in [7, 11) is 1.64. The zero-order chi connectivity index (χ0) is 20.5. The molecule has 1 saturated heterocycles. The number of pyridine rings is 1. The summed E-state index contributed by atoms with van der Waals surface area (Å²) in [5.74, 6) is 2.28. The number of benzene rings is 2. The van der Waals surface area contributed by atoms with Crippen LogP contribution in [0.4, 0.5) is 0 Å². The molecule has 0 spiro atoms. The van der Waals surface area contributed by atoms with Gasteiger partial charge in [-0.1, -0.05) is 12.1 Å². The van der Waals surface area contributed by atoms with Gasteiger partial charge in [0.25, 0.3) is 5.91 Å². The lowest BCUT2D eigenvalue weighted by Crippen LogP contribution is -2.31. The van der Waals surface area contributed by atoms with Crippen LogP contribution in [0.2, 0.25) is 0 Å². The Labute approximate surface area is 175 Å². The van der Waals surface area contributed by atoms with Crippen molar-refractivity contribution in [2.24, 2.45) is 0 Å². The quantitative estimate of drug-likeness (QED) is 0.648. The first kappa shape index (κ1) is 18.7. The molecule has 0 saturated carbocycles. The highest BCUT2D eigenvalue weighted by molar-refractivity contribution is 5.95. The summed E-state index contributed by atoms with van der Waals surface area (Å²) >= 11 is 0. The van der Waals surface area contributed by atoms with E-state index in [9.17, 15) is 4.79 Å². The van der Waals surface area contributed by atoms with Gasteiger partial charge in [0.1, 0.15) is 11.4 Å². The molecule has 2 aromatic carbocycles. The minimum Gasteiger partial charge on any atom is -0.497 e. The van der Waals surface area contributed by atoms with E-state index >= 15 is 0 Å². The van der Waals surface area contributed by atoms with Crippen LogP contribution in [0.15, 0.2) is 48.5 Å². The number of hydrogen-bond acceptors (Lipinski definition) is 5. The number of hydrogen-bond donors (Lipinski definition) is 0. The Bertz CT molecular complexity index is 1100. The summed E-state index contributed by atoms with van der Waals surface area (Å²) in [6, 6.07) is 15.4. The van der Waals surface area contributed by atoms with Crippen LogP contribution < -0.4 is 14.2 Å². The molecule has 1 atom stereocenters. The van der Waals surface area contributed by atoms with Gasteiger partial charge in [0.2, 0.25) is 0 Å². The number of amides is 1. The number of likely N-dealkylation sites (tertiary alicyclic amines) is 1. The molecule has 0 bridgehead atoms. The lowest BCUT2D eigenvalue weighted by molar-refractivity contribution is 0.0730. The highest BCUT2D eigenvalue weighted by Crippen LogP contribution is 2.38. The molecule has 0 N–H and O–H groups in total. The first-order chi connectivity index (χ1) is 14.7. The van der Waals surface area contributed by atoms with Gasteiger partial charge in [-0.05, 0) is 54.8 Å². The van der Waals surface area contributed by atoms with Crippen molar-refractivity contribution in [3.05, 3.63) is 59.8 Å². The Hall–Kier alpha value is -3.28. The number of aromatic nitrogens is 1. The molecule has 2 aliphatic heterocycles. The molecule has 154 valence electrons. The van der Waals surface area contributed by atoms with E-state index in [1.54, 1.807) is 13.2 Å². The number of ether oxygens (including phenoxy) is 3. The van der Waals surface area contributed by atoms with Gasteiger partial charge in [0.15, 0.2) is 11.5 Å². The molecule has 6 heteroatoms. The largest absolute Gasteiger partial charge is 0.497 e. The van der Waals surface area contributed by atoms with Crippen LogP contribution in [-0.2, 0) is 0 Å². The molecule has 5 rings (SSSR count). The summed E-state index contributed by atoms with van der Waals surface area (Å²) < 4.78 is 16.9. The SMILES string of the molecule is COc1ccc2nc(C(=O)N3CCCC3c3ccc4c(c3)OCCCO4)ccc2c1. The normalized spacial score (nSPS) is 18.3. The monoisotopic (exact) mass is 404 g/mol. The highest BCUT2D eigenvalue weighted by Gasteiger charge is 2.32. The third-order valence-corrected chi connectivity index (χ3v) is 5.79. The van der Waals surface area contributed by atoms with Crippen LogP contribution in [0.25, 0.3) is 10.9 Å². The average molecular weight is 404 g/mol. The maximum atomic E-state index is 13.3. The fraction of sp³-hybridized carbons (Fsp3) is 0.333. The summed E-state index contributed by atoms with van der Waals surface area (Å²) in [5, 5.41) is 0.951. The van der Waals surface area contributed by atoms with Crippen LogP contribution >= 0.6 is 0 Å². The van der Waals surface area contributed by atoms with Crippen LogP contribution in [-0.4, -0.2) is 42.7 Å². The lowest BCUT2D eigenvalue weighted by atomic mass is 10.0. The first-order valence-electron chi connectivity index (χ1n) is 10.4. The number of nitrogens with zero attached hydrogens (tertiary/aromatic N) is 2. The van der Waals surface area contributed by atoms with Crippen LogP contribution in [0.5, 0.6) is 17.2 Å². The second-order valence-electron chi connectivity index (χ2n) is 7.67. The van der Waals surface area contributed by atoms with Crippen molar-refractivity contribution >= 4 is 16.8 Å². The summed E-state index contributed by atoms with van der Waals surface area (Å²) in [6.07, 6.45) is 2.77. The van der Waals surface area contributed by atoms with E-state index in [0.717, 1.165) is 59.5 Å². The van der Waals surface area contributed by atoms with Gasteiger partial charge < -0.3 is 19.1 Å². The Morgan fingerprint density at radius 1 is 1.03 bits per heavy atom. The van der Waals surface area contributed by atoms with Gasteiger partial charge in [-0.3, -0.25) is 4.79 Å². The molecule has 1 unspecified atom stereocenters. The van der Waals surface area contributed by atoms with Crippen molar-refractivity contribution in [2.45, 2.75) is 25.3 Å². The standard InChI is InChI=1S/C24H24N2O4/c1-28-18-7-9-19-16(14-18)5-8-20(25-19)24(27)26-11-2-4-21(26)17-6-10-22-23(15-17)30-13-3-12-29-22/h5-10,14-15,21H,2-4,11-13H2,1H3. The second kappa shape index (κ2) is 7.86. The Balaban J connectivity index is 1.42. The third-order valence-electron chi connectivity index (χ3n) is 5.79. The number of methoxy groups -OCH3 is 1. The molecule has 0 aliphatic carbocycles. The predicted octanol–water partition coefficient (Wildman–Crippen LogP) is 4.38. The van der Waals surface area contributed by atoms with Gasteiger partial charge in [-0.15, -0.1) is 0 Å². The molecule has 30 heavy (non-hydrogen) atoms. The van der Waals surface area contributed by atoms with Crippen LogP contribution in [0.1, 0.15) is 41.4 Å². The Morgan fingerprint density at radius 2 is 1.90 bits per heavy atom. The smallest absolute Gasteiger partial charge is 0.272 e. The fourth-order valence-corrected chi connectivity index (χ4v) is 4.24. The number of rotatable bonds is 3. The van der Waals surface area contributed by atoms with Crippen molar-refractivity contribution in [2.75, 3.05) is 26.9 Å². The molecule has 1 aromatic heterocycles. The molecule has 3 heterocycles. The number of carbonyl (C=O) groups excluding carboxylic acids is 1. The molecule has 1 amide bonds. The third kappa shape index (κ3) is 3.43. The van der Waals surface area contributed by atoms with E-state index in [0.29, 0.717) is 18.9 Å². The van der Waals surface area contributed by atoms with Crippen molar-refractivity contribution in [3.63, 3.8) is 0 Å². The number of carbonyl (C=O) groups is 1. The van der Waals surface area contributed by atoms with E-state index in [4.69, 9.17) is 14.2 Å². The molecule has 0 radical (unpaired) electrons. The predicted molar refractivity (Wildman–Crippen MR) is 113 cm³/mol. The van der Waals surface area contributed by atoms with E-state index in [2.05, 4.69) is 4.98 Å². The van der Waals surface area contributed by atoms with Gasteiger partial charge in [-0.25, -0.2) is 4.98 Å². The fourth-order valence-electron chi connectivity index (χ4n) is 4.24. The Kier molecular flexibility index (Phi) is 4.91. The van der Waals surface area contributed by atoms with Crippen molar-refractivity contribution in [3.8, 4) is 17.2 Å². The topological polar surface area (TPSA) is 60.9 Å². The summed E-state index contributed by atoms with van der Waals surface area (Å²) in [6.45, 7) is 2.04. The summed E-state index contributed by atoms with van der Waals surface area (Å²) in [5.41, 5.74) is 2.33. The van der Waals surface area contributed by atoms with Crippen molar-refractivity contribution in [1.29, 1.82) is 0 Å². The van der Waals surface area contributed by atoms with E-state index < -0.39 is 0 Å². The van der Waals surface area contributed by atoms with Crippen molar-refractivity contribution < 1.29 is 19.0 Å². The number of fused-ring (bicyclic) bond motifs is 2. The Morgan fingerprint density at radius 3 is 2.77 bits per heavy atom. The molecule has 1 fully saturated rings. The second-order valence-corrected chi connectivity index (χ2v) is 7.67. The van der Waals surface area contributed by atoms with Gasteiger partial charge in [0, 0.05) is 18.4 Å². The van der Waals surface area contributed by atoms with Crippen molar-refractivity contribution in [1.82, 2.24) is 9.88 Å². The van der Waals surface area contributed by atoms with E-state index in [1.807, 2.05) is 47.4 Å². The molecule has 3 aromatic rings. The highest BCUT2D eigenvalue weighted by atomic mass is 16.5. The maximum Gasteiger partial charge on any atom is 0.272 e. The lowest BCUT2D eigenvalue weighted by Gasteiger charge is -2.25. The van der Waals surface area contributed by atoms with E-state index in [1.165, 1.54) is 0 Å². The maximum absolute atomic E-state index is 13.3. The van der Waals surface area contributed by atoms with Gasteiger partial charge in [0.05, 0.1) is 31.9 Å². The van der Waals surface area contributed by atoms with Crippen LogP contribution in [0.3, 0.4) is 0 Å². The zero-order valence-corrected chi connectivity index (χ0v) is 17.0. The average Bonchev–Trinajstić information content (AvgIpc) is 3.16. The minimum absolute atomic E-state index is 0.0167. The molecular weight excluding hydrogens is 380 g/mol. The minimum atomic E-state index is -0.0395. The molecule has 6 nitrogen and oxygen atoms in total. The van der Waals surface area contributed by atoms with Gasteiger partial charge >= 0.3 is 0 Å². The zero-order valence-electron chi connectivity index (χ0n) is 17.0. The molecular formula is C24H24N2O4.